The fourth-order valence-electron chi connectivity index (χ4n) is 0.992. The summed E-state index contributed by atoms with van der Waals surface area (Å²) in [7, 11) is 0. The van der Waals surface area contributed by atoms with E-state index in [2.05, 4.69) is 43.8 Å². The van der Waals surface area contributed by atoms with Crippen LogP contribution in [-0.4, -0.2) is 5.43 Å². The summed E-state index contributed by atoms with van der Waals surface area (Å²) in [6, 6.07) is 10.8. The van der Waals surface area contributed by atoms with Gasteiger partial charge in [-0.25, -0.2) is 0 Å². The first kappa shape index (κ1) is 9.41. The summed E-state index contributed by atoms with van der Waals surface area (Å²) in [4.78, 5) is 0. The molecule has 54 valence electrons. The second-order valence-corrected chi connectivity index (χ2v) is 10.9. The van der Waals surface area contributed by atoms with Gasteiger partial charge in [-0.05, 0) is 0 Å². The molecule has 1 aromatic carbocycles. The van der Waals surface area contributed by atoms with Gasteiger partial charge in [0, 0.05) is 0 Å². The third kappa shape index (κ3) is 2.68. The van der Waals surface area contributed by atoms with Crippen LogP contribution in [0.3, 0.4) is 0 Å². The molecule has 0 saturated carbocycles. The molecule has 0 aliphatic heterocycles. The van der Waals surface area contributed by atoms with Crippen molar-refractivity contribution in [3.8, 4) is 0 Å². The van der Waals surface area contributed by atoms with Gasteiger partial charge in [0.05, 0.1) is 0 Å². The minimum atomic E-state index is -0.0746. The van der Waals surface area contributed by atoms with Crippen LogP contribution in [0.1, 0.15) is 18.0 Å². The van der Waals surface area contributed by atoms with Crippen molar-refractivity contribution in [3.05, 3.63) is 35.9 Å². The van der Waals surface area contributed by atoms with E-state index in [4.69, 9.17) is 0 Å². The van der Waals surface area contributed by atoms with Gasteiger partial charge in [-0.15, -0.1) is 0 Å². The van der Waals surface area contributed by atoms with Crippen LogP contribution in [0.15, 0.2) is 30.3 Å². The van der Waals surface area contributed by atoms with Crippen LogP contribution in [0.2, 0.25) is 6.55 Å². The van der Waals surface area contributed by atoms with E-state index in [-0.39, 0.29) is 5.43 Å². The molecular formula is C9H12SiZr+2. The summed E-state index contributed by atoms with van der Waals surface area (Å²) in [5.74, 6) is 0. The van der Waals surface area contributed by atoms with Gasteiger partial charge >= 0.3 is 83.7 Å². The normalized spacial score (nSPS) is 12.7. The van der Waals surface area contributed by atoms with E-state index in [0.717, 1.165) is 5.54 Å². The van der Waals surface area contributed by atoms with E-state index in [1.165, 1.54) is 5.56 Å². The van der Waals surface area contributed by atoms with Crippen molar-refractivity contribution in [2.75, 3.05) is 0 Å². The molecule has 0 radical (unpaired) electrons. The Morgan fingerprint density at radius 2 is 1.82 bits per heavy atom. The summed E-state index contributed by atoms with van der Waals surface area (Å²) in [5, 5.41) is 0. The first-order chi connectivity index (χ1) is 5.22. The van der Waals surface area contributed by atoms with Gasteiger partial charge < -0.3 is 0 Å². The zero-order chi connectivity index (χ0) is 8.27. The Morgan fingerprint density at radius 1 is 1.27 bits per heavy atom. The summed E-state index contributed by atoms with van der Waals surface area (Å²) in [6.45, 7) is 4.75. The van der Waals surface area contributed by atoms with Gasteiger partial charge in [0.25, 0.3) is 0 Å². The quantitative estimate of drug-likeness (QED) is 0.696. The maximum atomic E-state index is 2.40. The Bertz CT molecular complexity index is 243. The third-order valence-corrected chi connectivity index (χ3v) is 6.77. The molecule has 0 fully saturated rings. The van der Waals surface area contributed by atoms with Crippen molar-refractivity contribution in [2.24, 2.45) is 0 Å². The van der Waals surface area contributed by atoms with Gasteiger partial charge in [0.1, 0.15) is 0 Å². The van der Waals surface area contributed by atoms with Crippen LogP contribution in [-0.2, 0) is 23.3 Å². The molecule has 2 heteroatoms. The molecular weight excluding hydrogens is 227 g/mol. The molecule has 0 aromatic heterocycles. The van der Waals surface area contributed by atoms with Crippen molar-refractivity contribution >= 4 is 5.43 Å². The monoisotopic (exact) mass is 238 g/mol. The van der Waals surface area contributed by atoms with E-state index < -0.39 is 0 Å². The molecule has 1 aromatic rings. The topological polar surface area (TPSA) is 0 Å². The molecule has 0 aliphatic carbocycles. The van der Waals surface area contributed by atoms with Crippen LogP contribution >= 0.6 is 0 Å². The van der Waals surface area contributed by atoms with Gasteiger partial charge in [-0.2, -0.15) is 0 Å². The number of hydrogen-bond acceptors (Lipinski definition) is 0. The summed E-state index contributed by atoms with van der Waals surface area (Å²) in [5.41, 5.74) is 2.26. The van der Waals surface area contributed by atoms with E-state index in [1.807, 2.05) is 0 Å². The third-order valence-electron chi connectivity index (χ3n) is 1.95. The zero-order valence-electron chi connectivity index (χ0n) is 6.96. The molecule has 0 bridgehead atoms. The average molecular weight is 240 g/mol. The Morgan fingerprint density at radius 3 is 2.27 bits per heavy atom. The number of benzene rings is 1. The van der Waals surface area contributed by atoms with Crippen molar-refractivity contribution in [3.63, 3.8) is 0 Å². The molecule has 1 rings (SSSR count). The summed E-state index contributed by atoms with van der Waals surface area (Å²) < 4.78 is 0. The minimum absolute atomic E-state index is 0.0746. The molecule has 0 aliphatic rings. The molecule has 1 atom stereocenters. The second kappa shape index (κ2) is 4.37. The SMILES string of the molecule is CC(c1ccccc1)[Si](C)=[Zr+2]. The number of rotatable bonds is 2. The Labute approximate surface area is 83.4 Å². The Balaban J connectivity index is 2.85. The van der Waals surface area contributed by atoms with Crippen molar-refractivity contribution in [2.45, 2.75) is 19.0 Å². The fourth-order valence-corrected chi connectivity index (χ4v) is 2.91. The molecule has 1 unspecified atom stereocenters. The molecule has 0 amide bonds. The van der Waals surface area contributed by atoms with Crippen LogP contribution in [0.5, 0.6) is 0 Å². The van der Waals surface area contributed by atoms with Gasteiger partial charge in [0.15, 0.2) is 0 Å². The van der Waals surface area contributed by atoms with Crippen molar-refractivity contribution < 1.29 is 23.3 Å². The van der Waals surface area contributed by atoms with Gasteiger partial charge in [-0.3, -0.25) is 0 Å². The van der Waals surface area contributed by atoms with Gasteiger partial charge in [-0.1, -0.05) is 0 Å². The van der Waals surface area contributed by atoms with Crippen LogP contribution in [0, 0.1) is 0 Å². The van der Waals surface area contributed by atoms with E-state index >= 15 is 0 Å². The van der Waals surface area contributed by atoms with E-state index in [9.17, 15) is 0 Å². The van der Waals surface area contributed by atoms with E-state index in [0.29, 0.717) is 0 Å². The predicted octanol–water partition coefficient (Wildman–Crippen LogP) is 2.50. The molecule has 0 heterocycles. The maximum absolute atomic E-state index is 2.40. The molecule has 0 nitrogen and oxygen atoms in total. The molecule has 11 heavy (non-hydrogen) atoms. The summed E-state index contributed by atoms with van der Waals surface area (Å²) >= 11 is 1.73. The first-order valence-electron chi connectivity index (χ1n) is 3.82. The number of hydrogen-bond donors (Lipinski definition) is 0. The molecule has 0 N–H and O–H groups in total. The average Bonchev–Trinajstić information content (AvgIpc) is 2.05. The predicted molar refractivity (Wildman–Crippen MR) is 46.5 cm³/mol. The second-order valence-electron chi connectivity index (χ2n) is 2.82. The van der Waals surface area contributed by atoms with Crippen LogP contribution < -0.4 is 0 Å². The van der Waals surface area contributed by atoms with Crippen LogP contribution in [0.25, 0.3) is 0 Å². The standard InChI is InChI=1S/C9H12Si.Zr/c1-8(10-2)9-6-4-3-5-7-9;/h3-8H,1-2H3;/q;+2. The van der Waals surface area contributed by atoms with Crippen molar-refractivity contribution in [1.82, 2.24) is 0 Å². The molecule has 0 spiro atoms. The fraction of sp³-hybridized carbons (Fsp3) is 0.333. The Hall–Kier alpha value is 0.320. The Kier molecular flexibility index (Phi) is 3.74. The van der Waals surface area contributed by atoms with Crippen molar-refractivity contribution in [1.29, 1.82) is 0 Å². The zero-order valence-corrected chi connectivity index (χ0v) is 10.4. The van der Waals surface area contributed by atoms with Gasteiger partial charge in [0.2, 0.25) is 0 Å². The summed E-state index contributed by atoms with van der Waals surface area (Å²) in [6.07, 6.45) is 0. The molecule has 0 saturated heterocycles. The van der Waals surface area contributed by atoms with Crippen LogP contribution in [0.4, 0.5) is 0 Å². The first-order valence-corrected chi connectivity index (χ1v) is 9.58. The van der Waals surface area contributed by atoms with E-state index in [1.54, 1.807) is 23.3 Å².